The third kappa shape index (κ3) is 2.08. The standard InChI is InChI=1S/C23H22S/c1-16-10-5-6-11-18(16)17(2)19-13-9-14-21-20-12-7-8-15-22(20)24(3,4)23(19)21/h5-15H,2H2,1,3-4H3. The van der Waals surface area contributed by atoms with Gasteiger partial charge in [0.2, 0.25) is 0 Å². The Bertz CT molecular complexity index is 963. The average molecular weight is 330 g/mol. The summed E-state index contributed by atoms with van der Waals surface area (Å²) < 4.78 is 0. The van der Waals surface area contributed by atoms with Gasteiger partial charge in [0, 0.05) is 9.79 Å². The molecule has 0 unspecified atom stereocenters. The summed E-state index contributed by atoms with van der Waals surface area (Å²) in [6.45, 7) is 6.64. The summed E-state index contributed by atoms with van der Waals surface area (Å²) in [7, 11) is -1.02. The van der Waals surface area contributed by atoms with Crippen molar-refractivity contribution < 1.29 is 0 Å². The molecule has 120 valence electrons. The Hall–Kier alpha value is -2.25. The van der Waals surface area contributed by atoms with Gasteiger partial charge in [-0.05, 0) is 58.9 Å². The summed E-state index contributed by atoms with van der Waals surface area (Å²) in [6, 6.07) is 24.1. The van der Waals surface area contributed by atoms with Crippen LogP contribution in [0.3, 0.4) is 0 Å². The van der Waals surface area contributed by atoms with Crippen LogP contribution >= 0.6 is 10.0 Å². The fourth-order valence-corrected chi connectivity index (χ4v) is 6.67. The van der Waals surface area contributed by atoms with Crippen LogP contribution in [-0.2, 0) is 0 Å². The third-order valence-electron chi connectivity index (χ3n) is 5.05. The third-order valence-corrected chi connectivity index (χ3v) is 7.96. The molecule has 1 heterocycles. The Morgan fingerprint density at radius 3 is 2.17 bits per heavy atom. The van der Waals surface area contributed by atoms with Crippen molar-refractivity contribution in [2.75, 3.05) is 12.5 Å². The molecule has 3 aromatic carbocycles. The lowest BCUT2D eigenvalue weighted by Gasteiger charge is -2.31. The zero-order chi connectivity index (χ0) is 16.9. The van der Waals surface area contributed by atoms with Gasteiger partial charge in [-0.3, -0.25) is 0 Å². The molecule has 24 heavy (non-hydrogen) atoms. The Morgan fingerprint density at radius 1 is 0.750 bits per heavy atom. The molecule has 0 atom stereocenters. The van der Waals surface area contributed by atoms with E-state index < -0.39 is 10.0 Å². The largest absolute Gasteiger partial charge is 0.192 e. The minimum absolute atomic E-state index is 1.02. The van der Waals surface area contributed by atoms with Crippen LogP contribution in [0.2, 0.25) is 0 Å². The van der Waals surface area contributed by atoms with E-state index >= 15 is 0 Å². The van der Waals surface area contributed by atoms with Crippen LogP contribution < -0.4 is 0 Å². The van der Waals surface area contributed by atoms with E-state index in [1.807, 2.05) is 0 Å². The highest BCUT2D eigenvalue weighted by Gasteiger charge is 2.33. The molecule has 0 aliphatic carbocycles. The van der Waals surface area contributed by atoms with Crippen LogP contribution in [0.1, 0.15) is 16.7 Å². The predicted octanol–water partition coefficient (Wildman–Crippen LogP) is 6.52. The second kappa shape index (κ2) is 5.39. The first kappa shape index (κ1) is 15.3. The second-order valence-electron chi connectivity index (χ2n) is 6.80. The van der Waals surface area contributed by atoms with Crippen molar-refractivity contribution in [3.05, 3.63) is 90.0 Å². The van der Waals surface area contributed by atoms with Crippen molar-refractivity contribution in [3.8, 4) is 11.1 Å². The lowest BCUT2D eigenvalue weighted by Crippen LogP contribution is -1.99. The van der Waals surface area contributed by atoms with E-state index in [1.54, 1.807) is 0 Å². The number of rotatable bonds is 2. The first-order valence-electron chi connectivity index (χ1n) is 8.23. The number of fused-ring (bicyclic) bond motifs is 3. The van der Waals surface area contributed by atoms with Gasteiger partial charge in [0.25, 0.3) is 0 Å². The van der Waals surface area contributed by atoms with Crippen LogP contribution in [0, 0.1) is 6.92 Å². The quantitative estimate of drug-likeness (QED) is 0.502. The Kier molecular flexibility index (Phi) is 3.43. The SMILES string of the molecule is C=C(c1ccccc1C)c1cccc2c1S(C)(C)c1ccccc1-2. The van der Waals surface area contributed by atoms with Crippen molar-refractivity contribution in [2.45, 2.75) is 16.7 Å². The molecule has 1 heteroatoms. The highest BCUT2D eigenvalue weighted by Crippen LogP contribution is 2.68. The fraction of sp³-hybridized carbons (Fsp3) is 0.130. The minimum atomic E-state index is -1.02. The van der Waals surface area contributed by atoms with Crippen molar-refractivity contribution >= 4 is 15.6 Å². The molecule has 0 aromatic heterocycles. The normalized spacial score (nSPS) is 15.5. The van der Waals surface area contributed by atoms with Crippen LogP contribution in [0.4, 0.5) is 0 Å². The monoisotopic (exact) mass is 330 g/mol. The molecule has 0 N–H and O–H groups in total. The molecule has 0 spiro atoms. The van der Waals surface area contributed by atoms with Gasteiger partial charge in [-0.15, -0.1) is 0 Å². The van der Waals surface area contributed by atoms with Gasteiger partial charge in [0.15, 0.2) is 0 Å². The summed E-state index contributed by atoms with van der Waals surface area (Å²) in [5.74, 6) is 0. The Balaban J connectivity index is 1.97. The number of hydrogen-bond acceptors (Lipinski definition) is 0. The molecule has 4 rings (SSSR count). The van der Waals surface area contributed by atoms with Crippen LogP contribution in [-0.4, -0.2) is 12.5 Å². The average Bonchev–Trinajstić information content (AvgIpc) is 2.83. The molecule has 1 aliphatic rings. The molecule has 0 saturated heterocycles. The molecule has 0 nitrogen and oxygen atoms in total. The molecule has 0 fully saturated rings. The smallest absolute Gasteiger partial charge is 0.00941 e. The zero-order valence-electron chi connectivity index (χ0n) is 14.5. The number of aryl methyl sites for hydroxylation is 1. The van der Waals surface area contributed by atoms with Gasteiger partial charge >= 0.3 is 0 Å². The first-order chi connectivity index (χ1) is 11.5. The summed E-state index contributed by atoms with van der Waals surface area (Å²) in [6.07, 6.45) is 4.82. The van der Waals surface area contributed by atoms with Crippen LogP contribution in [0.15, 0.2) is 83.1 Å². The predicted molar refractivity (Wildman–Crippen MR) is 107 cm³/mol. The van der Waals surface area contributed by atoms with Crippen molar-refractivity contribution in [1.82, 2.24) is 0 Å². The van der Waals surface area contributed by atoms with Gasteiger partial charge < -0.3 is 0 Å². The maximum Gasteiger partial charge on any atom is 0.00941 e. The van der Waals surface area contributed by atoms with Gasteiger partial charge in [0.05, 0.1) is 0 Å². The van der Waals surface area contributed by atoms with Gasteiger partial charge in [-0.25, -0.2) is 0 Å². The number of benzene rings is 3. The van der Waals surface area contributed by atoms with E-state index in [9.17, 15) is 0 Å². The van der Waals surface area contributed by atoms with E-state index in [-0.39, 0.29) is 0 Å². The molecule has 1 aliphatic heterocycles. The van der Waals surface area contributed by atoms with Crippen molar-refractivity contribution in [1.29, 1.82) is 0 Å². The molecule has 0 radical (unpaired) electrons. The summed E-state index contributed by atoms with van der Waals surface area (Å²) in [4.78, 5) is 2.98. The minimum Gasteiger partial charge on any atom is -0.192 e. The summed E-state index contributed by atoms with van der Waals surface area (Å²) in [5.41, 5.74) is 7.75. The Labute approximate surface area is 146 Å². The highest BCUT2D eigenvalue weighted by atomic mass is 32.3. The summed E-state index contributed by atoms with van der Waals surface area (Å²) >= 11 is 0. The maximum absolute atomic E-state index is 4.48. The van der Waals surface area contributed by atoms with Crippen LogP contribution in [0.5, 0.6) is 0 Å². The second-order valence-corrected chi connectivity index (χ2v) is 10.3. The molecule has 0 bridgehead atoms. The lowest BCUT2D eigenvalue weighted by atomic mass is 9.93. The van der Waals surface area contributed by atoms with Crippen molar-refractivity contribution in [3.63, 3.8) is 0 Å². The molecule has 0 saturated carbocycles. The molecular weight excluding hydrogens is 308 g/mol. The Morgan fingerprint density at radius 2 is 1.38 bits per heavy atom. The topological polar surface area (TPSA) is 0 Å². The van der Waals surface area contributed by atoms with E-state index in [0.29, 0.717) is 0 Å². The van der Waals surface area contributed by atoms with Crippen LogP contribution in [0.25, 0.3) is 16.7 Å². The van der Waals surface area contributed by atoms with E-state index in [2.05, 4.69) is 92.7 Å². The maximum atomic E-state index is 4.48. The van der Waals surface area contributed by atoms with Gasteiger partial charge in [-0.2, -0.15) is 10.0 Å². The van der Waals surface area contributed by atoms with Crippen molar-refractivity contribution in [2.24, 2.45) is 0 Å². The fourth-order valence-electron chi connectivity index (χ4n) is 3.84. The summed E-state index contributed by atoms with van der Waals surface area (Å²) in [5, 5.41) is 0. The zero-order valence-corrected chi connectivity index (χ0v) is 15.3. The van der Waals surface area contributed by atoms with E-state index in [0.717, 1.165) is 5.57 Å². The van der Waals surface area contributed by atoms with E-state index in [4.69, 9.17) is 0 Å². The van der Waals surface area contributed by atoms with E-state index in [1.165, 1.54) is 37.6 Å². The first-order valence-corrected chi connectivity index (χ1v) is 10.7. The highest BCUT2D eigenvalue weighted by molar-refractivity contribution is 8.33. The molecule has 3 aromatic rings. The number of hydrogen-bond donors (Lipinski definition) is 0. The molecular formula is C23H22S. The van der Waals surface area contributed by atoms with Gasteiger partial charge in [-0.1, -0.05) is 67.2 Å². The molecule has 0 amide bonds. The van der Waals surface area contributed by atoms with Gasteiger partial charge in [0.1, 0.15) is 0 Å². The lowest BCUT2D eigenvalue weighted by molar-refractivity contribution is 1.36.